The summed E-state index contributed by atoms with van der Waals surface area (Å²) in [5.41, 5.74) is -0.482. The predicted octanol–water partition coefficient (Wildman–Crippen LogP) is 3.19. The number of carbonyl (C=O) groups excluding carboxylic acids is 1. The Morgan fingerprint density at radius 2 is 1.76 bits per heavy atom. The van der Waals surface area contributed by atoms with Crippen LogP contribution in [0.4, 0.5) is 24.7 Å². The molecule has 0 bridgehead atoms. The highest BCUT2D eigenvalue weighted by molar-refractivity contribution is 7.86. The third-order valence-electron chi connectivity index (χ3n) is 5.37. The smallest absolute Gasteiger partial charge is 0.340 e. The van der Waals surface area contributed by atoms with Crippen molar-refractivity contribution in [3.63, 3.8) is 0 Å². The molecule has 1 aliphatic heterocycles. The van der Waals surface area contributed by atoms with Gasteiger partial charge in [-0.2, -0.15) is 30.2 Å². The lowest BCUT2D eigenvalue weighted by atomic mass is 10.1. The molecule has 0 aliphatic carbocycles. The molecule has 1 amide bonds. The van der Waals surface area contributed by atoms with Crippen LogP contribution in [0, 0.1) is 0 Å². The van der Waals surface area contributed by atoms with Crippen LogP contribution in [-0.4, -0.2) is 72.1 Å². The molecule has 33 heavy (non-hydrogen) atoms. The van der Waals surface area contributed by atoms with Crippen LogP contribution in [-0.2, 0) is 16.4 Å². The van der Waals surface area contributed by atoms with E-state index in [9.17, 15) is 26.4 Å². The molecule has 2 heterocycles. The van der Waals surface area contributed by atoms with Gasteiger partial charge in [0.15, 0.2) is 0 Å². The Balaban J connectivity index is 1.74. The molecule has 8 nitrogen and oxygen atoms in total. The van der Waals surface area contributed by atoms with E-state index in [1.807, 2.05) is 0 Å². The van der Waals surface area contributed by atoms with Gasteiger partial charge in [-0.25, -0.2) is 4.98 Å². The fraction of sp³-hybridized carbons (Fsp3) is 0.429. The summed E-state index contributed by atoms with van der Waals surface area (Å²) < 4.78 is 67.2. The Morgan fingerprint density at radius 1 is 1.09 bits per heavy atom. The van der Waals surface area contributed by atoms with Crippen molar-refractivity contribution in [2.75, 3.05) is 44.6 Å². The van der Waals surface area contributed by atoms with Crippen LogP contribution >= 0.6 is 0 Å². The van der Waals surface area contributed by atoms with Gasteiger partial charge in [-0.3, -0.25) is 4.79 Å². The standard InChI is InChI=1S/C21H26F3N5O3S/c1-3-28(4-2)33(31,32)29-13-11-27(12-14-29)20(30)18-9-6-10-25-19(18)26-17-8-5-7-16(15-17)21(22,23)24/h5-10,15H,3-4,11-14H2,1-2H3,(H,25,26). The zero-order valence-corrected chi connectivity index (χ0v) is 19.2. The number of hydrogen-bond acceptors (Lipinski definition) is 5. The summed E-state index contributed by atoms with van der Waals surface area (Å²) in [6.45, 7) is 4.94. The summed E-state index contributed by atoms with van der Waals surface area (Å²) in [6, 6.07) is 7.72. The fourth-order valence-corrected chi connectivity index (χ4v) is 5.20. The zero-order valence-electron chi connectivity index (χ0n) is 18.3. The SMILES string of the molecule is CCN(CC)S(=O)(=O)N1CCN(C(=O)c2cccnc2Nc2cccc(C(F)(F)F)c2)CC1. The summed E-state index contributed by atoms with van der Waals surface area (Å²) >= 11 is 0. The van der Waals surface area contributed by atoms with E-state index in [2.05, 4.69) is 10.3 Å². The Bertz CT molecular complexity index is 1080. The number of hydrogen-bond donors (Lipinski definition) is 1. The number of aromatic nitrogens is 1. The third kappa shape index (κ3) is 5.63. The fourth-order valence-electron chi connectivity index (χ4n) is 3.59. The second kappa shape index (κ2) is 10.1. The molecule has 0 atom stereocenters. The molecule has 0 radical (unpaired) electrons. The van der Waals surface area contributed by atoms with Crippen molar-refractivity contribution in [3.05, 3.63) is 53.7 Å². The predicted molar refractivity (Wildman–Crippen MR) is 118 cm³/mol. The number of piperazine rings is 1. The molecule has 0 unspecified atom stereocenters. The first-order valence-corrected chi connectivity index (χ1v) is 11.9. The van der Waals surface area contributed by atoms with Gasteiger partial charge in [-0.05, 0) is 30.3 Å². The maximum Gasteiger partial charge on any atom is 0.416 e. The second-order valence-corrected chi connectivity index (χ2v) is 9.31. The van der Waals surface area contributed by atoms with Crippen molar-refractivity contribution in [1.82, 2.24) is 18.5 Å². The molecule has 1 fully saturated rings. The van der Waals surface area contributed by atoms with Gasteiger partial charge in [0.25, 0.3) is 16.1 Å². The molecule has 12 heteroatoms. The number of carbonyl (C=O) groups is 1. The van der Waals surface area contributed by atoms with Gasteiger partial charge in [-0.1, -0.05) is 19.9 Å². The van der Waals surface area contributed by atoms with Crippen LogP contribution in [0.15, 0.2) is 42.6 Å². The monoisotopic (exact) mass is 485 g/mol. The van der Waals surface area contributed by atoms with Crippen LogP contribution < -0.4 is 5.32 Å². The van der Waals surface area contributed by atoms with Crippen molar-refractivity contribution in [3.8, 4) is 0 Å². The molecule has 1 aromatic heterocycles. The van der Waals surface area contributed by atoms with Crippen molar-refractivity contribution in [2.45, 2.75) is 20.0 Å². The number of nitrogens with zero attached hydrogens (tertiary/aromatic N) is 4. The highest BCUT2D eigenvalue weighted by Crippen LogP contribution is 2.31. The van der Waals surface area contributed by atoms with Crippen LogP contribution in [0.3, 0.4) is 0 Å². The molecule has 0 saturated carbocycles. The zero-order chi connectivity index (χ0) is 24.2. The molecular weight excluding hydrogens is 459 g/mol. The van der Waals surface area contributed by atoms with E-state index in [1.54, 1.807) is 19.9 Å². The van der Waals surface area contributed by atoms with Crippen LogP contribution in [0.5, 0.6) is 0 Å². The molecule has 1 aliphatic rings. The lowest BCUT2D eigenvalue weighted by molar-refractivity contribution is -0.137. The molecule has 1 N–H and O–H groups in total. The maximum atomic E-state index is 13.1. The minimum absolute atomic E-state index is 0.125. The van der Waals surface area contributed by atoms with Gasteiger partial charge in [0.1, 0.15) is 5.82 Å². The molecule has 0 spiro atoms. The molecule has 3 rings (SSSR count). The normalized spacial score (nSPS) is 15.6. The van der Waals surface area contributed by atoms with E-state index < -0.39 is 21.9 Å². The van der Waals surface area contributed by atoms with E-state index in [1.165, 1.54) is 37.9 Å². The number of nitrogens with one attached hydrogen (secondary N) is 1. The minimum atomic E-state index is -4.49. The van der Waals surface area contributed by atoms with Gasteiger partial charge in [0, 0.05) is 51.2 Å². The molecule has 180 valence electrons. The van der Waals surface area contributed by atoms with E-state index >= 15 is 0 Å². The Morgan fingerprint density at radius 3 is 2.36 bits per heavy atom. The Hall–Kier alpha value is -2.70. The van der Waals surface area contributed by atoms with E-state index in [4.69, 9.17) is 0 Å². The number of rotatable bonds is 7. The first kappa shape index (κ1) is 24.9. The lowest BCUT2D eigenvalue weighted by Gasteiger charge is -2.36. The summed E-state index contributed by atoms with van der Waals surface area (Å²) in [7, 11) is -3.59. The molecule has 1 aromatic carbocycles. The van der Waals surface area contributed by atoms with Crippen LogP contribution in [0.2, 0.25) is 0 Å². The average molecular weight is 486 g/mol. The lowest BCUT2D eigenvalue weighted by Crippen LogP contribution is -2.54. The van der Waals surface area contributed by atoms with Crippen LogP contribution in [0.25, 0.3) is 0 Å². The molecular formula is C21H26F3N5O3S. The summed E-state index contributed by atoms with van der Waals surface area (Å²) in [5.74, 6) is -0.252. The topological polar surface area (TPSA) is 85.9 Å². The van der Waals surface area contributed by atoms with Gasteiger partial charge >= 0.3 is 6.18 Å². The first-order valence-electron chi connectivity index (χ1n) is 10.5. The largest absolute Gasteiger partial charge is 0.416 e. The van der Waals surface area contributed by atoms with Crippen molar-refractivity contribution >= 4 is 27.6 Å². The number of benzene rings is 1. The molecule has 1 saturated heterocycles. The van der Waals surface area contributed by atoms with E-state index in [0.29, 0.717) is 13.1 Å². The highest BCUT2D eigenvalue weighted by Gasteiger charge is 2.33. The summed E-state index contributed by atoms with van der Waals surface area (Å²) in [6.07, 6.45) is -3.06. The van der Waals surface area contributed by atoms with Crippen molar-refractivity contribution in [1.29, 1.82) is 0 Å². The number of pyridine rings is 1. The minimum Gasteiger partial charge on any atom is -0.340 e. The average Bonchev–Trinajstić information content (AvgIpc) is 2.79. The third-order valence-corrected chi connectivity index (χ3v) is 7.56. The maximum absolute atomic E-state index is 13.1. The second-order valence-electron chi connectivity index (χ2n) is 7.39. The quantitative estimate of drug-likeness (QED) is 0.651. The van der Waals surface area contributed by atoms with Crippen LogP contribution in [0.1, 0.15) is 29.8 Å². The first-order chi connectivity index (χ1) is 15.6. The van der Waals surface area contributed by atoms with E-state index in [-0.39, 0.29) is 49.2 Å². The van der Waals surface area contributed by atoms with Gasteiger partial charge in [0.05, 0.1) is 11.1 Å². The summed E-state index contributed by atoms with van der Waals surface area (Å²) in [5, 5.41) is 2.80. The highest BCUT2D eigenvalue weighted by atomic mass is 32.2. The van der Waals surface area contributed by atoms with E-state index in [0.717, 1.165) is 12.1 Å². The van der Waals surface area contributed by atoms with Crippen molar-refractivity contribution < 1.29 is 26.4 Å². The Kier molecular flexibility index (Phi) is 7.60. The van der Waals surface area contributed by atoms with Crippen molar-refractivity contribution in [2.24, 2.45) is 0 Å². The number of amides is 1. The summed E-state index contributed by atoms with van der Waals surface area (Å²) in [4.78, 5) is 18.8. The van der Waals surface area contributed by atoms with Gasteiger partial charge in [0.2, 0.25) is 0 Å². The molecule has 2 aromatic rings. The number of anilines is 2. The number of halogens is 3. The van der Waals surface area contributed by atoms with Gasteiger partial charge < -0.3 is 10.2 Å². The Labute approximate surface area is 191 Å². The van der Waals surface area contributed by atoms with Gasteiger partial charge in [-0.15, -0.1) is 0 Å². The number of alkyl halides is 3.